The highest BCUT2D eigenvalue weighted by molar-refractivity contribution is 5.75. The van der Waals surface area contributed by atoms with Gasteiger partial charge in [0.25, 0.3) is 5.92 Å². The molecule has 0 radical (unpaired) electrons. The lowest BCUT2D eigenvalue weighted by molar-refractivity contribution is -0.0899. The lowest BCUT2D eigenvalue weighted by atomic mass is 9.79. The number of alkyl halides is 3. The third-order valence-electron chi connectivity index (χ3n) is 9.35. The normalized spacial score (nSPS) is 33.8. The van der Waals surface area contributed by atoms with Crippen LogP contribution >= 0.6 is 0 Å². The van der Waals surface area contributed by atoms with Crippen LogP contribution in [0.5, 0.6) is 0 Å². The minimum absolute atomic E-state index is 0.198. The van der Waals surface area contributed by atoms with E-state index in [4.69, 9.17) is 4.52 Å². The second kappa shape index (κ2) is 10.0. The zero-order valence-electron chi connectivity index (χ0n) is 22.4. The molecule has 8 nitrogen and oxygen atoms in total. The predicted octanol–water partition coefficient (Wildman–Crippen LogP) is 3.93. The minimum Gasteiger partial charge on any atom is -0.339 e. The number of hydrogen-bond acceptors (Lipinski definition) is 6. The Bertz CT molecular complexity index is 966. The fourth-order valence-corrected chi connectivity index (χ4v) is 6.27. The van der Waals surface area contributed by atoms with E-state index in [0.29, 0.717) is 69.0 Å². The van der Waals surface area contributed by atoms with E-state index in [2.05, 4.69) is 46.2 Å². The third-order valence-corrected chi connectivity index (χ3v) is 9.35. The molecule has 2 aliphatic heterocycles. The van der Waals surface area contributed by atoms with Gasteiger partial charge in [-0.05, 0) is 59.4 Å². The number of likely N-dealkylation sites (tertiary alicyclic amines) is 2. The highest BCUT2D eigenvalue weighted by Crippen LogP contribution is 2.44. The first-order valence-electron chi connectivity index (χ1n) is 13.9. The molecule has 3 heterocycles. The van der Waals surface area contributed by atoms with Crippen LogP contribution in [0.25, 0.3) is 0 Å². The maximum absolute atomic E-state index is 15.2. The van der Waals surface area contributed by atoms with Gasteiger partial charge in [0.05, 0.1) is 5.92 Å². The van der Waals surface area contributed by atoms with E-state index in [1.807, 2.05) is 6.92 Å². The fraction of sp³-hybridized carbons (Fsp3) is 0.885. The average molecular weight is 527 g/mol. The number of amides is 2. The predicted molar refractivity (Wildman–Crippen MR) is 132 cm³/mol. The summed E-state index contributed by atoms with van der Waals surface area (Å²) in [6.07, 6.45) is 2.57. The molecule has 2 amide bonds. The van der Waals surface area contributed by atoms with Crippen LogP contribution in [0.2, 0.25) is 0 Å². The van der Waals surface area contributed by atoms with Gasteiger partial charge in [0.1, 0.15) is 12.2 Å². The zero-order valence-corrected chi connectivity index (χ0v) is 22.4. The van der Waals surface area contributed by atoms with Crippen LogP contribution in [0.4, 0.5) is 18.0 Å². The Labute approximate surface area is 217 Å². The number of urea groups is 1. The molecule has 11 heteroatoms. The molecular formula is C26H41F3N6O2. The van der Waals surface area contributed by atoms with E-state index < -0.39 is 29.6 Å². The topological polar surface area (TPSA) is 77.7 Å². The summed E-state index contributed by atoms with van der Waals surface area (Å²) in [7, 11) is 2.09. The van der Waals surface area contributed by atoms with Crippen molar-refractivity contribution in [2.45, 2.75) is 113 Å². The Morgan fingerprint density at radius 3 is 2.54 bits per heavy atom. The second-order valence-corrected chi connectivity index (χ2v) is 12.2. The summed E-state index contributed by atoms with van der Waals surface area (Å²) in [5, 5.41) is 6.86. The number of aromatic nitrogens is 2. The van der Waals surface area contributed by atoms with Crippen LogP contribution in [-0.2, 0) is 5.41 Å². The van der Waals surface area contributed by atoms with Crippen LogP contribution in [0.3, 0.4) is 0 Å². The molecule has 0 unspecified atom stereocenters. The molecule has 0 bridgehead atoms. The molecular weight excluding hydrogens is 485 g/mol. The highest BCUT2D eigenvalue weighted by Gasteiger charge is 2.51. The van der Waals surface area contributed by atoms with Gasteiger partial charge in [-0.1, -0.05) is 12.1 Å². The van der Waals surface area contributed by atoms with Crippen molar-refractivity contribution in [1.29, 1.82) is 0 Å². The van der Waals surface area contributed by atoms with Gasteiger partial charge in [0.15, 0.2) is 5.82 Å². The van der Waals surface area contributed by atoms with Crippen LogP contribution in [-0.4, -0.2) is 100 Å². The molecule has 1 aromatic rings. The number of hydrogen-bond donors (Lipinski definition) is 1. The molecule has 0 aromatic carbocycles. The summed E-state index contributed by atoms with van der Waals surface area (Å²) < 4.78 is 49.1. The smallest absolute Gasteiger partial charge is 0.317 e. The lowest BCUT2D eigenvalue weighted by Gasteiger charge is -2.44. The van der Waals surface area contributed by atoms with Gasteiger partial charge in [0.2, 0.25) is 5.89 Å². The van der Waals surface area contributed by atoms with Crippen LogP contribution in [0, 0.1) is 0 Å². The molecule has 37 heavy (non-hydrogen) atoms. The third kappa shape index (κ3) is 5.35. The summed E-state index contributed by atoms with van der Waals surface area (Å²) >= 11 is 0. The summed E-state index contributed by atoms with van der Waals surface area (Å²) in [6, 6.07) is -1.26. The number of carbonyl (C=O) groups excluding carboxylic acids is 1. The molecule has 5 rings (SSSR count). The Kier molecular flexibility index (Phi) is 7.23. The van der Waals surface area contributed by atoms with E-state index in [1.165, 1.54) is 0 Å². The van der Waals surface area contributed by atoms with Crippen molar-refractivity contribution >= 4 is 6.03 Å². The van der Waals surface area contributed by atoms with Crippen molar-refractivity contribution in [3.05, 3.63) is 11.7 Å². The monoisotopic (exact) mass is 526 g/mol. The Balaban J connectivity index is 1.20. The van der Waals surface area contributed by atoms with Gasteiger partial charge < -0.3 is 14.7 Å². The standard InChI is InChI=1S/C26H41F3N6O2/c1-16(2)33(4)17-7-11-35(15-17)20-6-5-8-26(28,29)21(20)30-24(36)34-12-9-25(3,10-13-34)23-31-22(37-32-23)18-14-19(18)27/h16-21H,5-15H2,1-4H3,(H,30,36)/t17-,18-,19+,20+,21-/m1/s1. The van der Waals surface area contributed by atoms with Gasteiger partial charge in [-0.15, -0.1) is 0 Å². The minimum atomic E-state index is -2.94. The Hall–Kier alpha value is -1.88. The maximum Gasteiger partial charge on any atom is 0.317 e. The first-order chi connectivity index (χ1) is 17.5. The molecule has 2 saturated heterocycles. The number of rotatable bonds is 6. The first-order valence-corrected chi connectivity index (χ1v) is 13.9. The number of nitrogens with one attached hydrogen (secondary N) is 1. The van der Waals surface area contributed by atoms with Crippen molar-refractivity contribution in [2.75, 3.05) is 33.2 Å². The number of likely N-dealkylation sites (N-methyl/N-ethyl adjacent to an activating group) is 1. The molecule has 0 spiro atoms. The quantitative estimate of drug-likeness (QED) is 0.605. The largest absolute Gasteiger partial charge is 0.339 e. The van der Waals surface area contributed by atoms with Crippen LogP contribution in [0.1, 0.15) is 83.3 Å². The number of nitrogens with zero attached hydrogens (tertiary/aromatic N) is 5. The average Bonchev–Trinajstić information content (AvgIpc) is 3.24. The molecule has 5 atom stereocenters. The summed E-state index contributed by atoms with van der Waals surface area (Å²) in [5.74, 6) is -2.35. The summed E-state index contributed by atoms with van der Waals surface area (Å²) in [6.45, 7) is 8.65. The number of halogens is 3. The SMILES string of the molecule is CC(C)N(C)[C@@H]1CCN([C@H]2CCCC(F)(F)[C@@H]2NC(=O)N2CCC(C)(c3noc([C@@H]4C[C@@H]4F)n3)CC2)C1. The number of piperidine rings is 1. The van der Waals surface area contributed by atoms with Gasteiger partial charge in [-0.2, -0.15) is 4.98 Å². The highest BCUT2D eigenvalue weighted by atomic mass is 19.3. The van der Waals surface area contributed by atoms with Crippen LogP contribution in [0.15, 0.2) is 4.52 Å². The van der Waals surface area contributed by atoms with Crippen molar-refractivity contribution < 1.29 is 22.5 Å². The number of carbonyl (C=O) groups is 1. The molecule has 4 fully saturated rings. The van der Waals surface area contributed by atoms with Crippen molar-refractivity contribution in [3.8, 4) is 0 Å². The zero-order chi connectivity index (χ0) is 26.5. The summed E-state index contributed by atoms with van der Waals surface area (Å²) in [4.78, 5) is 23.8. The van der Waals surface area contributed by atoms with Gasteiger partial charge >= 0.3 is 6.03 Å². The molecule has 1 N–H and O–H groups in total. The van der Waals surface area contributed by atoms with Gasteiger partial charge in [0, 0.05) is 56.1 Å². The van der Waals surface area contributed by atoms with Gasteiger partial charge in [-0.25, -0.2) is 18.0 Å². The van der Waals surface area contributed by atoms with E-state index in [0.717, 1.165) is 19.5 Å². The van der Waals surface area contributed by atoms with E-state index in [1.54, 1.807) is 4.90 Å². The molecule has 2 aliphatic carbocycles. The molecule has 1 aromatic heterocycles. The van der Waals surface area contributed by atoms with E-state index in [9.17, 15) is 9.18 Å². The molecule has 4 aliphatic rings. The fourth-order valence-electron chi connectivity index (χ4n) is 6.27. The van der Waals surface area contributed by atoms with Crippen LogP contribution < -0.4 is 5.32 Å². The maximum atomic E-state index is 15.2. The van der Waals surface area contributed by atoms with Crippen molar-refractivity contribution in [2.24, 2.45) is 0 Å². The Morgan fingerprint density at radius 1 is 1.19 bits per heavy atom. The lowest BCUT2D eigenvalue weighted by Crippen LogP contribution is -2.64. The first kappa shape index (κ1) is 26.7. The Morgan fingerprint density at radius 2 is 1.89 bits per heavy atom. The second-order valence-electron chi connectivity index (χ2n) is 12.2. The summed E-state index contributed by atoms with van der Waals surface area (Å²) in [5.41, 5.74) is -0.399. The van der Waals surface area contributed by atoms with Crippen molar-refractivity contribution in [3.63, 3.8) is 0 Å². The van der Waals surface area contributed by atoms with E-state index >= 15 is 8.78 Å². The van der Waals surface area contributed by atoms with Crippen molar-refractivity contribution in [1.82, 2.24) is 30.2 Å². The van der Waals surface area contributed by atoms with Gasteiger partial charge in [-0.3, -0.25) is 9.80 Å². The molecule has 2 saturated carbocycles. The molecule has 208 valence electrons. The van der Waals surface area contributed by atoms with E-state index in [-0.39, 0.29) is 18.4 Å².